The van der Waals surface area contributed by atoms with Crippen molar-refractivity contribution in [3.8, 4) is 5.75 Å². The van der Waals surface area contributed by atoms with Gasteiger partial charge in [0.2, 0.25) is 20.0 Å². The molecule has 0 atom stereocenters. The Morgan fingerprint density at radius 3 is 2.24 bits per heavy atom. The van der Waals surface area contributed by atoms with Gasteiger partial charge in [-0.1, -0.05) is 6.07 Å². The molecule has 1 N–H and O–H groups in total. The van der Waals surface area contributed by atoms with Crippen LogP contribution in [0.25, 0.3) is 0 Å². The highest BCUT2D eigenvalue weighted by atomic mass is 32.2. The van der Waals surface area contributed by atoms with Crippen molar-refractivity contribution >= 4 is 20.0 Å². The van der Waals surface area contributed by atoms with Gasteiger partial charge in [-0.3, -0.25) is 0 Å². The van der Waals surface area contributed by atoms with E-state index in [9.17, 15) is 16.8 Å². The van der Waals surface area contributed by atoms with Crippen molar-refractivity contribution in [3.63, 3.8) is 0 Å². The van der Waals surface area contributed by atoms with Crippen LogP contribution in [0.3, 0.4) is 0 Å². The molecule has 0 aliphatic heterocycles. The summed E-state index contributed by atoms with van der Waals surface area (Å²) in [5, 5.41) is 0. The summed E-state index contributed by atoms with van der Waals surface area (Å²) in [5.41, 5.74) is 0.782. The van der Waals surface area contributed by atoms with Crippen LogP contribution in [0, 0.1) is 6.92 Å². The van der Waals surface area contributed by atoms with Crippen LogP contribution in [0.2, 0.25) is 0 Å². The first kappa shape index (κ1) is 21.8. The maximum absolute atomic E-state index is 12.5. The van der Waals surface area contributed by atoms with Gasteiger partial charge in [-0.25, -0.2) is 21.6 Å². The Morgan fingerprint density at radius 2 is 1.72 bits per heavy atom. The molecule has 0 aliphatic rings. The number of methoxy groups -OCH3 is 1. The summed E-state index contributed by atoms with van der Waals surface area (Å²) in [5.74, 6) is 0.241. The molecule has 0 heterocycles. The van der Waals surface area contributed by atoms with Gasteiger partial charge >= 0.3 is 0 Å². The van der Waals surface area contributed by atoms with Crippen LogP contribution >= 0.6 is 0 Å². The largest absolute Gasteiger partial charge is 0.495 e. The van der Waals surface area contributed by atoms with E-state index in [1.165, 1.54) is 17.5 Å². The van der Waals surface area contributed by atoms with Crippen LogP contribution < -0.4 is 9.46 Å². The maximum atomic E-state index is 12.5. The number of benzene rings is 1. The Labute approximate surface area is 150 Å². The fraction of sp³-hybridized carbons (Fsp3) is 0.600. The molecular formula is C15H27N3O5S2. The summed E-state index contributed by atoms with van der Waals surface area (Å²) in [7, 11) is -2.14. The molecule has 0 bridgehead atoms. The molecule has 0 saturated carbocycles. The Balaban J connectivity index is 2.83. The molecule has 0 saturated heterocycles. The Kier molecular flexibility index (Phi) is 7.82. The fourth-order valence-electron chi connectivity index (χ4n) is 2.13. The minimum absolute atomic E-state index is 0.0278. The second-order valence-corrected chi connectivity index (χ2v) is 9.74. The van der Waals surface area contributed by atoms with Crippen molar-refractivity contribution in [3.05, 3.63) is 23.8 Å². The van der Waals surface area contributed by atoms with Crippen molar-refractivity contribution in [1.82, 2.24) is 13.9 Å². The van der Waals surface area contributed by atoms with E-state index in [2.05, 4.69) is 4.72 Å². The molecular weight excluding hydrogens is 366 g/mol. The molecule has 144 valence electrons. The first-order valence-corrected chi connectivity index (χ1v) is 11.0. The number of likely N-dealkylation sites (N-methyl/N-ethyl adjacent to an activating group) is 1. The molecule has 0 spiro atoms. The summed E-state index contributed by atoms with van der Waals surface area (Å²) >= 11 is 0. The van der Waals surface area contributed by atoms with E-state index >= 15 is 0 Å². The average molecular weight is 394 g/mol. The standard InChI is InChI=1S/C15H27N3O5S2/c1-13-6-7-14(23-4)15(12-13)25(21,22)16-8-9-18(24(5,19)20)11-10-17(2)3/h6-7,12,16H,8-11H2,1-5H3. The van der Waals surface area contributed by atoms with E-state index < -0.39 is 20.0 Å². The second-order valence-electron chi connectivity index (χ2n) is 6.02. The van der Waals surface area contributed by atoms with Crippen LogP contribution in [0.4, 0.5) is 0 Å². The normalized spacial score (nSPS) is 12.8. The summed E-state index contributed by atoms with van der Waals surface area (Å²) in [4.78, 5) is 1.90. The van der Waals surface area contributed by atoms with Gasteiger partial charge < -0.3 is 9.64 Å². The molecule has 0 amide bonds. The van der Waals surface area contributed by atoms with Crippen LogP contribution in [0.15, 0.2) is 23.1 Å². The minimum Gasteiger partial charge on any atom is -0.495 e. The molecule has 1 rings (SSSR count). The van der Waals surface area contributed by atoms with E-state index in [0.29, 0.717) is 13.1 Å². The lowest BCUT2D eigenvalue weighted by molar-refractivity contribution is 0.336. The number of rotatable bonds is 10. The van der Waals surface area contributed by atoms with Gasteiger partial charge in [0.05, 0.1) is 13.4 Å². The molecule has 1 aromatic rings. The number of nitrogens with one attached hydrogen (secondary N) is 1. The highest BCUT2D eigenvalue weighted by Gasteiger charge is 2.21. The Morgan fingerprint density at radius 1 is 1.08 bits per heavy atom. The summed E-state index contributed by atoms with van der Waals surface area (Å²) < 4.78 is 57.4. The first-order chi connectivity index (χ1) is 11.5. The molecule has 0 radical (unpaired) electrons. The number of aryl methyl sites for hydroxylation is 1. The van der Waals surface area contributed by atoms with Crippen molar-refractivity contribution < 1.29 is 21.6 Å². The molecule has 8 nitrogen and oxygen atoms in total. The predicted octanol–water partition coefficient (Wildman–Crippen LogP) is 0.105. The zero-order valence-corrected chi connectivity index (χ0v) is 16.9. The first-order valence-electron chi connectivity index (χ1n) is 7.71. The smallest absolute Gasteiger partial charge is 0.244 e. The lowest BCUT2D eigenvalue weighted by Crippen LogP contribution is -2.41. The maximum Gasteiger partial charge on any atom is 0.244 e. The zero-order valence-electron chi connectivity index (χ0n) is 15.3. The number of sulfonamides is 2. The lowest BCUT2D eigenvalue weighted by atomic mass is 10.2. The fourth-order valence-corrected chi connectivity index (χ4v) is 4.24. The topological polar surface area (TPSA) is 96.0 Å². The summed E-state index contributed by atoms with van der Waals surface area (Å²) in [6.45, 7) is 2.65. The highest BCUT2D eigenvalue weighted by Crippen LogP contribution is 2.24. The minimum atomic E-state index is -3.80. The number of ether oxygens (including phenoxy) is 1. The van der Waals surface area contributed by atoms with Gasteiger partial charge in [-0.2, -0.15) is 4.31 Å². The van der Waals surface area contributed by atoms with Crippen LogP contribution in [0.1, 0.15) is 5.56 Å². The molecule has 0 aromatic heterocycles. The summed E-state index contributed by atoms with van der Waals surface area (Å²) in [6.07, 6.45) is 1.11. The monoisotopic (exact) mass is 393 g/mol. The predicted molar refractivity (Wildman–Crippen MR) is 97.9 cm³/mol. The average Bonchev–Trinajstić information content (AvgIpc) is 2.49. The van der Waals surface area contributed by atoms with Crippen LogP contribution in [-0.2, 0) is 20.0 Å². The third kappa shape index (κ3) is 6.90. The van der Waals surface area contributed by atoms with Crippen LogP contribution in [-0.4, -0.2) is 79.7 Å². The summed E-state index contributed by atoms with van der Waals surface area (Å²) in [6, 6.07) is 4.86. The van der Waals surface area contributed by atoms with Crippen molar-refractivity contribution in [2.75, 3.05) is 53.6 Å². The molecule has 25 heavy (non-hydrogen) atoms. The van der Waals surface area contributed by atoms with Crippen molar-refractivity contribution in [1.29, 1.82) is 0 Å². The SMILES string of the molecule is COc1ccc(C)cc1S(=O)(=O)NCCN(CCN(C)C)S(C)(=O)=O. The highest BCUT2D eigenvalue weighted by molar-refractivity contribution is 7.89. The van der Waals surface area contributed by atoms with Crippen molar-refractivity contribution in [2.24, 2.45) is 0 Å². The second kappa shape index (κ2) is 8.95. The number of hydrogen-bond acceptors (Lipinski definition) is 6. The van der Waals surface area contributed by atoms with Crippen molar-refractivity contribution in [2.45, 2.75) is 11.8 Å². The number of nitrogens with zero attached hydrogens (tertiary/aromatic N) is 2. The molecule has 1 aromatic carbocycles. The zero-order chi connectivity index (χ0) is 19.3. The molecule has 10 heteroatoms. The van der Waals surface area contributed by atoms with Gasteiger partial charge in [0.1, 0.15) is 10.6 Å². The quantitative estimate of drug-likeness (QED) is 0.606. The van der Waals surface area contributed by atoms with E-state index in [-0.39, 0.29) is 23.7 Å². The number of hydrogen-bond donors (Lipinski definition) is 1. The van der Waals surface area contributed by atoms with Gasteiger partial charge in [0, 0.05) is 26.2 Å². The molecule has 0 unspecified atom stereocenters. The Bertz CT molecular complexity index is 776. The lowest BCUT2D eigenvalue weighted by Gasteiger charge is -2.22. The third-order valence-corrected chi connectivity index (χ3v) is 6.31. The van der Waals surface area contributed by atoms with Gasteiger partial charge in [-0.15, -0.1) is 0 Å². The Hall–Kier alpha value is -1.20. The third-order valence-electron chi connectivity index (χ3n) is 3.53. The van der Waals surface area contributed by atoms with E-state index in [0.717, 1.165) is 11.8 Å². The molecule has 0 aliphatic carbocycles. The van der Waals surface area contributed by atoms with Crippen LogP contribution in [0.5, 0.6) is 5.75 Å². The van der Waals surface area contributed by atoms with Gasteiger partial charge in [0.15, 0.2) is 0 Å². The van der Waals surface area contributed by atoms with E-state index in [1.54, 1.807) is 19.1 Å². The van der Waals surface area contributed by atoms with E-state index in [4.69, 9.17) is 4.74 Å². The molecule has 0 fully saturated rings. The van der Waals surface area contributed by atoms with E-state index in [1.807, 2.05) is 19.0 Å². The van der Waals surface area contributed by atoms with Gasteiger partial charge in [0.25, 0.3) is 0 Å². The van der Waals surface area contributed by atoms with Gasteiger partial charge in [-0.05, 0) is 38.7 Å².